The number of ether oxygens (including phenoxy) is 2. The quantitative estimate of drug-likeness (QED) is 0.733. The highest BCUT2D eigenvalue weighted by molar-refractivity contribution is 5.98. The number of likely N-dealkylation sites (tertiary alicyclic amines) is 1. The molecule has 2 heterocycles. The van der Waals surface area contributed by atoms with Crippen LogP contribution in [0.5, 0.6) is 11.5 Å². The van der Waals surface area contributed by atoms with Gasteiger partial charge >= 0.3 is 0 Å². The zero-order valence-corrected chi connectivity index (χ0v) is 18.8. The molecule has 2 atom stereocenters. The van der Waals surface area contributed by atoms with E-state index in [9.17, 15) is 9.59 Å². The fourth-order valence-electron chi connectivity index (χ4n) is 5.31. The van der Waals surface area contributed by atoms with Crippen LogP contribution >= 0.6 is 0 Å². The predicted molar refractivity (Wildman–Crippen MR) is 122 cm³/mol. The number of likely N-dealkylation sites (N-methyl/N-ethyl adjacent to an activating group) is 1. The van der Waals surface area contributed by atoms with Crippen molar-refractivity contribution in [2.75, 3.05) is 27.2 Å². The number of hydrogen-bond acceptors (Lipinski definition) is 4. The highest BCUT2D eigenvalue weighted by Crippen LogP contribution is 2.36. The smallest absolute Gasteiger partial charge is 0.257 e. The van der Waals surface area contributed by atoms with Crippen molar-refractivity contribution in [1.82, 2.24) is 9.80 Å². The molecule has 0 N–H and O–H groups in total. The van der Waals surface area contributed by atoms with Gasteiger partial charge in [0.25, 0.3) is 5.91 Å². The Kier molecular flexibility index (Phi) is 5.53. The molecule has 1 saturated heterocycles. The molecule has 32 heavy (non-hydrogen) atoms. The first-order valence-electron chi connectivity index (χ1n) is 11.6. The second-order valence-electron chi connectivity index (χ2n) is 9.16. The predicted octanol–water partition coefficient (Wildman–Crippen LogP) is 3.99. The Labute approximate surface area is 189 Å². The zero-order valence-electron chi connectivity index (χ0n) is 18.8. The van der Waals surface area contributed by atoms with E-state index in [1.165, 1.54) is 6.42 Å². The Hall–Kier alpha value is -3.02. The van der Waals surface area contributed by atoms with Crippen LogP contribution in [0.4, 0.5) is 0 Å². The minimum absolute atomic E-state index is 0.0587. The standard InChI is InChI=1S/C26H30N2O4/c1-27-22-15-28(25(29)17-7-4-3-5-8-17)16-24(22)32-23-14-19(11-12-21(23)26(27)30)18-9-6-10-20(13-18)31-2/h6,9-14,17,22,24H,3-5,7-8,15-16H2,1-2H3/t22-,24+/m1/s1. The van der Waals surface area contributed by atoms with Crippen molar-refractivity contribution >= 4 is 11.8 Å². The summed E-state index contributed by atoms with van der Waals surface area (Å²) in [7, 11) is 3.47. The topological polar surface area (TPSA) is 59.1 Å². The van der Waals surface area contributed by atoms with Gasteiger partial charge < -0.3 is 19.3 Å². The van der Waals surface area contributed by atoms with Gasteiger partial charge in [-0.2, -0.15) is 0 Å². The molecule has 0 spiro atoms. The van der Waals surface area contributed by atoms with Crippen LogP contribution < -0.4 is 9.47 Å². The summed E-state index contributed by atoms with van der Waals surface area (Å²) < 4.78 is 11.8. The third-order valence-electron chi connectivity index (χ3n) is 7.21. The molecule has 6 nitrogen and oxygen atoms in total. The van der Waals surface area contributed by atoms with Crippen LogP contribution in [-0.4, -0.2) is 61.0 Å². The first kappa shape index (κ1) is 20.9. The lowest BCUT2D eigenvalue weighted by molar-refractivity contribution is -0.135. The Morgan fingerprint density at radius 3 is 2.59 bits per heavy atom. The molecule has 5 rings (SSSR count). The third-order valence-corrected chi connectivity index (χ3v) is 7.21. The van der Waals surface area contributed by atoms with Crippen molar-refractivity contribution in [3.05, 3.63) is 48.0 Å². The minimum atomic E-state index is -0.224. The molecule has 0 aromatic heterocycles. The Morgan fingerprint density at radius 1 is 1.03 bits per heavy atom. The van der Waals surface area contributed by atoms with Crippen LogP contribution in [0.3, 0.4) is 0 Å². The van der Waals surface area contributed by atoms with Gasteiger partial charge in [-0.05, 0) is 48.2 Å². The molecule has 1 aliphatic carbocycles. The van der Waals surface area contributed by atoms with Crippen LogP contribution in [0.25, 0.3) is 11.1 Å². The normalized spacial score (nSPS) is 23.2. The molecule has 3 aliphatic rings. The van der Waals surface area contributed by atoms with Gasteiger partial charge in [0.15, 0.2) is 0 Å². The van der Waals surface area contributed by atoms with Crippen LogP contribution in [0.1, 0.15) is 42.5 Å². The molecule has 2 aliphatic heterocycles. The summed E-state index contributed by atoms with van der Waals surface area (Å²) in [5.74, 6) is 1.66. The number of carbonyl (C=O) groups is 2. The second-order valence-corrected chi connectivity index (χ2v) is 9.16. The average Bonchev–Trinajstić information content (AvgIpc) is 3.23. The zero-order chi connectivity index (χ0) is 22.2. The largest absolute Gasteiger partial charge is 0.497 e. The van der Waals surface area contributed by atoms with Crippen LogP contribution in [0.15, 0.2) is 42.5 Å². The molecule has 168 valence electrons. The van der Waals surface area contributed by atoms with Crippen molar-refractivity contribution in [2.24, 2.45) is 5.92 Å². The first-order chi connectivity index (χ1) is 15.5. The molecule has 2 aromatic carbocycles. The van der Waals surface area contributed by atoms with E-state index in [2.05, 4.69) is 0 Å². The lowest BCUT2D eigenvalue weighted by Gasteiger charge is -2.27. The van der Waals surface area contributed by atoms with Gasteiger partial charge in [0, 0.05) is 19.5 Å². The number of amides is 2. The van der Waals surface area contributed by atoms with Gasteiger partial charge in [0.1, 0.15) is 17.6 Å². The van der Waals surface area contributed by atoms with E-state index in [0.29, 0.717) is 24.4 Å². The van der Waals surface area contributed by atoms with E-state index in [4.69, 9.17) is 9.47 Å². The summed E-state index contributed by atoms with van der Waals surface area (Å²) in [5, 5.41) is 0. The number of hydrogen-bond donors (Lipinski definition) is 0. The van der Waals surface area contributed by atoms with Crippen LogP contribution in [0, 0.1) is 5.92 Å². The summed E-state index contributed by atoms with van der Waals surface area (Å²) >= 11 is 0. The lowest BCUT2D eigenvalue weighted by Crippen LogP contribution is -2.44. The maximum absolute atomic E-state index is 13.2. The third kappa shape index (κ3) is 3.72. The van der Waals surface area contributed by atoms with Gasteiger partial charge in [-0.15, -0.1) is 0 Å². The maximum Gasteiger partial charge on any atom is 0.257 e. The lowest BCUT2D eigenvalue weighted by atomic mass is 9.88. The number of benzene rings is 2. The summed E-state index contributed by atoms with van der Waals surface area (Å²) in [4.78, 5) is 30.0. The van der Waals surface area contributed by atoms with E-state index in [-0.39, 0.29) is 29.9 Å². The molecule has 2 amide bonds. The molecular formula is C26H30N2O4. The molecule has 0 bridgehead atoms. The van der Waals surface area contributed by atoms with E-state index >= 15 is 0 Å². The SMILES string of the molecule is COc1cccc(-c2ccc3c(c2)O[C@H]2CN(C(=O)C4CCCCC4)C[C@H]2N(C)C3=O)c1. The molecule has 1 saturated carbocycles. The molecule has 2 fully saturated rings. The van der Waals surface area contributed by atoms with Crippen LogP contribution in [0.2, 0.25) is 0 Å². The van der Waals surface area contributed by atoms with E-state index in [1.807, 2.05) is 54.4 Å². The van der Waals surface area contributed by atoms with Crippen molar-refractivity contribution in [2.45, 2.75) is 44.2 Å². The fraction of sp³-hybridized carbons (Fsp3) is 0.462. The summed E-state index contributed by atoms with van der Waals surface area (Å²) in [6, 6.07) is 13.4. The molecule has 6 heteroatoms. The summed E-state index contributed by atoms with van der Waals surface area (Å²) in [6.07, 6.45) is 5.22. The van der Waals surface area contributed by atoms with Gasteiger partial charge in [-0.1, -0.05) is 37.5 Å². The number of nitrogens with zero attached hydrogens (tertiary/aromatic N) is 2. The molecule has 0 unspecified atom stereocenters. The van der Waals surface area contributed by atoms with Gasteiger partial charge in [-0.3, -0.25) is 9.59 Å². The van der Waals surface area contributed by atoms with Crippen molar-refractivity contribution < 1.29 is 19.1 Å². The number of fused-ring (bicyclic) bond motifs is 2. The van der Waals surface area contributed by atoms with E-state index < -0.39 is 0 Å². The number of methoxy groups -OCH3 is 1. The highest BCUT2D eigenvalue weighted by Gasteiger charge is 2.44. The van der Waals surface area contributed by atoms with Gasteiger partial charge in [0.2, 0.25) is 5.91 Å². The summed E-state index contributed by atoms with van der Waals surface area (Å²) in [6.45, 7) is 1.07. The first-order valence-corrected chi connectivity index (χ1v) is 11.6. The van der Waals surface area contributed by atoms with Crippen molar-refractivity contribution in [1.29, 1.82) is 0 Å². The number of carbonyl (C=O) groups excluding carboxylic acids is 2. The number of rotatable bonds is 3. The average molecular weight is 435 g/mol. The van der Waals surface area contributed by atoms with E-state index in [1.54, 1.807) is 12.0 Å². The molecule has 2 aromatic rings. The fourth-order valence-corrected chi connectivity index (χ4v) is 5.31. The summed E-state index contributed by atoms with van der Waals surface area (Å²) in [5.41, 5.74) is 2.53. The van der Waals surface area contributed by atoms with E-state index in [0.717, 1.165) is 42.6 Å². The second kappa shape index (κ2) is 8.49. The Bertz CT molecular complexity index is 1030. The highest BCUT2D eigenvalue weighted by atomic mass is 16.5. The van der Waals surface area contributed by atoms with Crippen LogP contribution in [-0.2, 0) is 4.79 Å². The van der Waals surface area contributed by atoms with Crippen molar-refractivity contribution in [3.8, 4) is 22.6 Å². The monoisotopic (exact) mass is 434 g/mol. The molecule has 0 radical (unpaired) electrons. The maximum atomic E-state index is 13.2. The Balaban J connectivity index is 1.41. The Morgan fingerprint density at radius 2 is 1.81 bits per heavy atom. The van der Waals surface area contributed by atoms with Gasteiger partial charge in [-0.25, -0.2) is 0 Å². The minimum Gasteiger partial charge on any atom is -0.497 e. The molecular weight excluding hydrogens is 404 g/mol. The van der Waals surface area contributed by atoms with Gasteiger partial charge in [0.05, 0.1) is 25.3 Å². The van der Waals surface area contributed by atoms with Crippen molar-refractivity contribution in [3.63, 3.8) is 0 Å².